The van der Waals surface area contributed by atoms with Crippen molar-refractivity contribution in [3.05, 3.63) is 27.9 Å². The van der Waals surface area contributed by atoms with E-state index in [4.69, 9.17) is 0 Å². The Balaban J connectivity index is 1.78. The predicted octanol–water partition coefficient (Wildman–Crippen LogP) is 0.759. The van der Waals surface area contributed by atoms with Gasteiger partial charge in [0.2, 0.25) is 0 Å². The molecule has 3 rings (SSSR count). The van der Waals surface area contributed by atoms with Gasteiger partial charge >= 0.3 is 5.82 Å². The maximum atomic E-state index is 12.5. The van der Waals surface area contributed by atoms with Gasteiger partial charge < -0.3 is 20.3 Å². The Morgan fingerprint density at radius 3 is 2.85 bits per heavy atom. The van der Waals surface area contributed by atoms with Crippen LogP contribution in [-0.2, 0) is 7.05 Å². The van der Waals surface area contributed by atoms with Crippen LogP contribution in [0.5, 0.6) is 0 Å². The Morgan fingerprint density at radius 1 is 1.45 bits per heavy atom. The third-order valence-electron chi connectivity index (χ3n) is 4.56. The molecule has 0 saturated carbocycles. The zero-order valence-electron chi connectivity index (χ0n) is 11.5. The van der Waals surface area contributed by atoms with Crippen molar-refractivity contribution >= 4 is 11.7 Å². The highest BCUT2D eigenvalue weighted by Gasteiger charge is 2.42. The summed E-state index contributed by atoms with van der Waals surface area (Å²) in [4.78, 5) is 24.7. The number of carbonyl (C=O) groups is 1. The molecule has 2 aliphatic heterocycles. The van der Waals surface area contributed by atoms with Crippen molar-refractivity contribution in [1.29, 1.82) is 0 Å². The molecular formula is C13H18N4O3. The molecule has 1 aromatic rings. The average Bonchev–Trinajstić information content (AvgIpc) is 3.11. The summed E-state index contributed by atoms with van der Waals surface area (Å²) in [5.41, 5.74) is 0.604. The molecule has 0 aromatic carbocycles. The van der Waals surface area contributed by atoms with Crippen LogP contribution in [0.3, 0.4) is 0 Å². The van der Waals surface area contributed by atoms with Gasteiger partial charge in [0.1, 0.15) is 0 Å². The van der Waals surface area contributed by atoms with Gasteiger partial charge in [-0.1, -0.05) is 0 Å². The fourth-order valence-electron chi connectivity index (χ4n) is 3.31. The molecule has 1 amide bonds. The van der Waals surface area contributed by atoms with Crippen LogP contribution in [0.15, 0.2) is 12.1 Å². The van der Waals surface area contributed by atoms with E-state index in [1.165, 1.54) is 10.6 Å². The van der Waals surface area contributed by atoms with Crippen molar-refractivity contribution < 1.29 is 9.72 Å². The number of nitrogens with one attached hydrogen (secondary N) is 1. The molecule has 7 nitrogen and oxygen atoms in total. The summed E-state index contributed by atoms with van der Waals surface area (Å²) in [6.07, 6.45) is 2.11. The molecular weight excluding hydrogens is 260 g/mol. The highest BCUT2D eigenvalue weighted by atomic mass is 16.6. The van der Waals surface area contributed by atoms with Crippen LogP contribution in [0.25, 0.3) is 0 Å². The quantitative estimate of drug-likeness (QED) is 0.639. The monoisotopic (exact) mass is 278 g/mol. The lowest BCUT2D eigenvalue weighted by Gasteiger charge is -2.22. The topological polar surface area (TPSA) is 80.4 Å². The standard InChI is InChI=1S/C13H18N4O3/c1-15-10(2-3-11(15)17(19)20)12(18)16-7-5-13(9-16)4-6-14-8-13/h2-3,14H,4-9H2,1H3. The fraction of sp³-hybridized carbons (Fsp3) is 0.615. The first-order chi connectivity index (χ1) is 9.52. The first-order valence-electron chi connectivity index (χ1n) is 6.83. The molecule has 7 heteroatoms. The van der Waals surface area contributed by atoms with E-state index in [0.717, 1.165) is 39.0 Å². The first-order valence-corrected chi connectivity index (χ1v) is 6.83. The minimum absolute atomic E-state index is 0.0511. The number of hydrogen-bond acceptors (Lipinski definition) is 4. The van der Waals surface area contributed by atoms with Crippen molar-refractivity contribution in [3.8, 4) is 0 Å². The van der Waals surface area contributed by atoms with Crippen LogP contribution in [0, 0.1) is 15.5 Å². The summed E-state index contributed by atoms with van der Waals surface area (Å²) in [5.74, 6) is -0.158. The molecule has 1 aromatic heterocycles. The number of rotatable bonds is 2. The summed E-state index contributed by atoms with van der Waals surface area (Å²) in [7, 11) is 1.56. The summed E-state index contributed by atoms with van der Waals surface area (Å²) >= 11 is 0. The SMILES string of the molecule is Cn1c(C(=O)N2CCC3(CCNC3)C2)ccc1[N+](=O)[O-]. The number of hydrogen-bond donors (Lipinski definition) is 1. The van der Waals surface area contributed by atoms with E-state index in [2.05, 4.69) is 5.32 Å². The van der Waals surface area contributed by atoms with Gasteiger partial charge in [0.15, 0.2) is 5.69 Å². The molecule has 1 atom stereocenters. The van der Waals surface area contributed by atoms with Gasteiger partial charge in [-0.25, -0.2) is 4.57 Å². The Kier molecular flexibility index (Phi) is 3.01. The molecule has 3 heterocycles. The molecule has 20 heavy (non-hydrogen) atoms. The Hall–Kier alpha value is -1.89. The number of aromatic nitrogens is 1. The van der Waals surface area contributed by atoms with Gasteiger partial charge in [-0.15, -0.1) is 0 Å². The van der Waals surface area contributed by atoms with Gasteiger partial charge in [0, 0.05) is 31.1 Å². The lowest BCUT2D eigenvalue weighted by atomic mass is 9.87. The van der Waals surface area contributed by atoms with Gasteiger partial charge in [-0.2, -0.15) is 0 Å². The van der Waals surface area contributed by atoms with Gasteiger partial charge in [0.05, 0.1) is 7.05 Å². The van der Waals surface area contributed by atoms with Crippen LogP contribution in [0.1, 0.15) is 23.3 Å². The van der Waals surface area contributed by atoms with Crippen molar-refractivity contribution in [2.24, 2.45) is 12.5 Å². The number of carbonyl (C=O) groups excluding carboxylic acids is 1. The van der Waals surface area contributed by atoms with Crippen molar-refractivity contribution in [2.75, 3.05) is 26.2 Å². The molecule has 2 saturated heterocycles. The van der Waals surface area contributed by atoms with Crippen LogP contribution in [-0.4, -0.2) is 46.5 Å². The normalized spacial score (nSPS) is 25.6. The van der Waals surface area contributed by atoms with Gasteiger partial charge in [-0.3, -0.25) is 4.79 Å². The maximum Gasteiger partial charge on any atom is 0.323 e. The summed E-state index contributed by atoms with van der Waals surface area (Å²) in [6.45, 7) is 3.46. The second-order valence-electron chi connectivity index (χ2n) is 5.80. The Morgan fingerprint density at radius 2 is 2.25 bits per heavy atom. The van der Waals surface area contributed by atoms with Gasteiger partial charge in [0.25, 0.3) is 5.91 Å². The third-order valence-corrected chi connectivity index (χ3v) is 4.56. The largest absolute Gasteiger partial charge is 0.358 e. The summed E-state index contributed by atoms with van der Waals surface area (Å²) < 4.78 is 1.36. The van der Waals surface area contributed by atoms with E-state index >= 15 is 0 Å². The van der Waals surface area contributed by atoms with Crippen LogP contribution < -0.4 is 5.32 Å². The summed E-state index contributed by atoms with van der Waals surface area (Å²) in [6, 6.07) is 2.93. The van der Waals surface area contributed by atoms with E-state index < -0.39 is 4.92 Å². The van der Waals surface area contributed by atoms with E-state index in [9.17, 15) is 14.9 Å². The highest BCUT2D eigenvalue weighted by molar-refractivity contribution is 5.93. The van der Waals surface area contributed by atoms with E-state index in [1.54, 1.807) is 13.1 Å². The van der Waals surface area contributed by atoms with Gasteiger partial charge in [-0.05, 0) is 30.4 Å². The second kappa shape index (κ2) is 4.59. The van der Waals surface area contributed by atoms with Crippen molar-refractivity contribution in [2.45, 2.75) is 12.8 Å². The van der Waals surface area contributed by atoms with Crippen molar-refractivity contribution in [3.63, 3.8) is 0 Å². The minimum Gasteiger partial charge on any atom is -0.358 e. The molecule has 108 valence electrons. The smallest absolute Gasteiger partial charge is 0.323 e. The average molecular weight is 278 g/mol. The zero-order valence-corrected chi connectivity index (χ0v) is 11.5. The number of nitro groups is 1. The van der Waals surface area contributed by atoms with E-state index in [-0.39, 0.29) is 17.1 Å². The Labute approximate surface area is 116 Å². The molecule has 1 unspecified atom stereocenters. The zero-order chi connectivity index (χ0) is 14.3. The van der Waals surface area contributed by atoms with Crippen LogP contribution in [0.4, 0.5) is 5.82 Å². The second-order valence-corrected chi connectivity index (χ2v) is 5.80. The molecule has 0 radical (unpaired) electrons. The first kappa shape index (κ1) is 13.1. The molecule has 1 spiro atoms. The molecule has 2 fully saturated rings. The van der Waals surface area contributed by atoms with E-state index in [1.807, 2.05) is 4.90 Å². The lowest BCUT2D eigenvalue weighted by Crippen LogP contribution is -2.34. The molecule has 0 aliphatic carbocycles. The minimum atomic E-state index is -0.469. The van der Waals surface area contributed by atoms with E-state index in [0.29, 0.717) is 5.69 Å². The number of likely N-dealkylation sites (tertiary alicyclic amines) is 1. The Bertz CT molecular complexity index is 560. The maximum absolute atomic E-state index is 12.5. The van der Waals surface area contributed by atoms with Crippen LogP contribution in [0.2, 0.25) is 0 Å². The lowest BCUT2D eigenvalue weighted by molar-refractivity contribution is -0.391. The predicted molar refractivity (Wildman–Crippen MR) is 72.5 cm³/mol. The highest BCUT2D eigenvalue weighted by Crippen LogP contribution is 2.36. The molecule has 2 aliphatic rings. The summed E-state index contributed by atoms with van der Waals surface area (Å²) in [5, 5.41) is 14.2. The third kappa shape index (κ3) is 1.98. The van der Waals surface area contributed by atoms with Crippen molar-refractivity contribution in [1.82, 2.24) is 14.8 Å². The number of amides is 1. The fourth-order valence-corrected chi connectivity index (χ4v) is 3.31. The molecule has 0 bridgehead atoms. The molecule has 1 N–H and O–H groups in total. The number of nitrogens with zero attached hydrogens (tertiary/aromatic N) is 3. The van der Waals surface area contributed by atoms with Crippen LogP contribution >= 0.6 is 0 Å².